The summed E-state index contributed by atoms with van der Waals surface area (Å²) < 4.78 is 0. The van der Waals surface area contributed by atoms with Crippen molar-refractivity contribution in [1.29, 1.82) is 0 Å². The minimum absolute atomic E-state index is 0.0751. The van der Waals surface area contributed by atoms with Crippen LogP contribution in [0.25, 0.3) is 0 Å². The quantitative estimate of drug-likeness (QED) is 0.447. The van der Waals surface area contributed by atoms with Crippen LogP contribution in [0.4, 0.5) is 0 Å². The average molecular weight is 429 g/mol. The summed E-state index contributed by atoms with van der Waals surface area (Å²) in [5, 5.41) is 10.9. The number of hydrogen-bond donors (Lipinski definition) is 1. The second-order valence-corrected chi connectivity index (χ2v) is 15.1. The molecular formula is C30H52O. The highest BCUT2D eigenvalue weighted by Gasteiger charge is 2.70. The molecular weight excluding hydrogens is 376 g/mol. The van der Waals surface area contributed by atoms with Crippen molar-refractivity contribution in [2.45, 2.75) is 126 Å². The molecule has 5 aliphatic rings. The van der Waals surface area contributed by atoms with Crippen LogP contribution in [0.5, 0.6) is 0 Å². The Morgan fingerprint density at radius 3 is 1.77 bits per heavy atom. The molecule has 5 saturated carbocycles. The monoisotopic (exact) mass is 428 g/mol. The highest BCUT2D eigenvalue weighted by Crippen LogP contribution is 2.78. The molecule has 10 atom stereocenters. The van der Waals surface area contributed by atoms with Crippen molar-refractivity contribution in [2.24, 2.45) is 62.6 Å². The van der Waals surface area contributed by atoms with Gasteiger partial charge in [0.15, 0.2) is 0 Å². The van der Waals surface area contributed by atoms with Crippen LogP contribution in [-0.4, -0.2) is 11.2 Å². The van der Waals surface area contributed by atoms with Crippen LogP contribution in [0.1, 0.15) is 120 Å². The molecule has 0 heterocycles. The van der Waals surface area contributed by atoms with Gasteiger partial charge in [-0.1, -0.05) is 55.4 Å². The van der Waals surface area contributed by atoms with Crippen molar-refractivity contribution in [1.82, 2.24) is 0 Å². The lowest BCUT2D eigenvalue weighted by atomic mass is 9.32. The van der Waals surface area contributed by atoms with Gasteiger partial charge >= 0.3 is 0 Å². The van der Waals surface area contributed by atoms with Gasteiger partial charge in [0, 0.05) is 0 Å². The Balaban J connectivity index is 1.52. The van der Waals surface area contributed by atoms with E-state index in [1.165, 1.54) is 57.8 Å². The minimum atomic E-state index is -0.109. The van der Waals surface area contributed by atoms with Crippen LogP contribution in [-0.2, 0) is 0 Å². The number of rotatable bonds is 1. The lowest BCUT2D eigenvalue weighted by molar-refractivity contribution is -0.251. The predicted octanol–water partition coefficient (Wildman–Crippen LogP) is 8.10. The first-order chi connectivity index (χ1) is 14.3. The fraction of sp³-hybridized carbons (Fsp3) is 1.00. The maximum absolute atomic E-state index is 10.9. The van der Waals surface area contributed by atoms with E-state index in [9.17, 15) is 5.11 Å². The predicted molar refractivity (Wildman–Crippen MR) is 131 cm³/mol. The van der Waals surface area contributed by atoms with Gasteiger partial charge in [-0.15, -0.1) is 0 Å². The standard InChI is InChI=1S/C30H52O/c1-19(2)20-11-15-27(5)21(20)12-17-29(7)23(27)9-10-24-28(6)16-14-25(31)26(3,4)22(28)13-18-30(24,29)8/h19-25,31H,9-18H2,1-8H3. The van der Waals surface area contributed by atoms with E-state index in [-0.39, 0.29) is 11.5 Å². The smallest absolute Gasteiger partial charge is 0.0594 e. The highest BCUT2D eigenvalue weighted by molar-refractivity contribution is 5.19. The molecule has 1 nitrogen and oxygen atoms in total. The topological polar surface area (TPSA) is 20.2 Å². The molecule has 0 aromatic rings. The molecule has 0 aromatic heterocycles. The van der Waals surface area contributed by atoms with Gasteiger partial charge in [0.05, 0.1) is 6.10 Å². The van der Waals surface area contributed by atoms with Crippen LogP contribution >= 0.6 is 0 Å². The molecule has 5 aliphatic carbocycles. The summed E-state index contributed by atoms with van der Waals surface area (Å²) in [6.45, 7) is 20.7. The van der Waals surface area contributed by atoms with Crippen molar-refractivity contribution >= 4 is 0 Å². The molecule has 0 saturated heterocycles. The largest absolute Gasteiger partial charge is 0.393 e. The third-order valence-electron chi connectivity index (χ3n) is 13.9. The zero-order chi connectivity index (χ0) is 22.6. The molecule has 0 amide bonds. The van der Waals surface area contributed by atoms with Gasteiger partial charge in [-0.3, -0.25) is 0 Å². The lowest BCUT2D eigenvalue weighted by Gasteiger charge is -2.73. The zero-order valence-electron chi connectivity index (χ0n) is 22.1. The number of fused-ring (bicyclic) bond motifs is 7. The Bertz CT molecular complexity index is 724. The van der Waals surface area contributed by atoms with Crippen molar-refractivity contribution in [3.63, 3.8) is 0 Å². The molecule has 0 spiro atoms. The summed E-state index contributed by atoms with van der Waals surface area (Å²) >= 11 is 0. The summed E-state index contributed by atoms with van der Waals surface area (Å²) in [7, 11) is 0. The Hall–Kier alpha value is -0.0400. The maximum atomic E-state index is 10.9. The molecule has 10 unspecified atom stereocenters. The van der Waals surface area contributed by atoms with Gasteiger partial charge in [0.25, 0.3) is 0 Å². The molecule has 0 bridgehead atoms. The highest BCUT2D eigenvalue weighted by atomic mass is 16.3. The van der Waals surface area contributed by atoms with Gasteiger partial charge in [0.2, 0.25) is 0 Å². The van der Waals surface area contributed by atoms with E-state index in [0.29, 0.717) is 27.6 Å². The van der Waals surface area contributed by atoms with E-state index in [1.54, 1.807) is 0 Å². The number of hydrogen-bond acceptors (Lipinski definition) is 1. The summed E-state index contributed by atoms with van der Waals surface area (Å²) in [4.78, 5) is 0. The maximum Gasteiger partial charge on any atom is 0.0594 e. The van der Waals surface area contributed by atoms with E-state index >= 15 is 0 Å². The Labute approximate surface area is 193 Å². The molecule has 31 heavy (non-hydrogen) atoms. The molecule has 0 aromatic carbocycles. The van der Waals surface area contributed by atoms with Gasteiger partial charge in [-0.2, -0.15) is 0 Å². The van der Waals surface area contributed by atoms with Crippen LogP contribution in [0, 0.1) is 62.6 Å². The molecule has 178 valence electrons. The Morgan fingerprint density at radius 2 is 1.16 bits per heavy atom. The molecule has 5 rings (SSSR count). The fourth-order valence-corrected chi connectivity index (χ4v) is 12.0. The third-order valence-corrected chi connectivity index (χ3v) is 13.9. The van der Waals surface area contributed by atoms with E-state index in [2.05, 4.69) is 55.4 Å². The van der Waals surface area contributed by atoms with E-state index in [1.807, 2.05) is 0 Å². The summed E-state index contributed by atoms with van der Waals surface area (Å²) in [6, 6.07) is 0. The number of aliphatic hydroxyl groups excluding tert-OH is 1. The summed E-state index contributed by atoms with van der Waals surface area (Å²) in [5.41, 5.74) is 2.05. The van der Waals surface area contributed by atoms with Crippen molar-refractivity contribution in [3.8, 4) is 0 Å². The zero-order valence-corrected chi connectivity index (χ0v) is 22.1. The van der Waals surface area contributed by atoms with Gasteiger partial charge < -0.3 is 5.11 Å². The van der Waals surface area contributed by atoms with Crippen LogP contribution in [0.3, 0.4) is 0 Å². The van der Waals surface area contributed by atoms with Gasteiger partial charge in [0.1, 0.15) is 0 Å². The molecule has 5 fully saturated rings. The normalized spacial score (nSPS) is 58.3. The van der Waals surface area contributed by atoms with E-state index in [4.69, 9.17) is 0 Å². The lowest BCUT2D eigenvalue weighted by Crippen LogP contribution is -2.66. The second kappa shape index (κ2) is 6.76. The van der Waals surface area contributed by atoms with Gasteiger partial charge in [-0.25, -0.2) is 0 Å². The number of aliphatic hydroxyl groups is 1. The van der Waals surface area contributed by atoms with Crippen molar-refractivity contribution in [2.75, 3.05) is 0 Å². The van der Waals surface area contributed by atoms with E-state index in [0.717, 1.165) is 36.0 Å². The van der Waals surface area contributed by atoms with Crippen LogP contribution in [0.15, 0.2) is 0 Å². The van der Waals surface area contributed by atoms with Crippen molar-refractivity contribution in [3.05, 3.63) is 0 Å². The summed E-state index contributed by atoms with van der Waals surface area (Å²) in [6.07, 6.45) is 13.7. The van der Waals surface area contributed by atoms with Crippen LogP contribution < -0.4 is 0 Å². The SMILES string of the molecule is CC(C)C1CCC2(C)C1CCC1(C)C2CCC2C3(C)CCC(O)C(C)(C)C3CCC21C. The van der Waals surface area contributed by atoms with Crippen molar-refractivity contribution < 1.29 is 5.11 Å². The molecule has 1 heteroatoms. The molecule has 0 aliphatic heterocycles. The first-order valence-electron chi connectivity index (χ1n) is 14.0. The average Bonchev–Trinajstić information content (AvgIpc) is 3.03. The van der Waals surface area contributed by atoms with Gasteiger partial charge in [-0.05, 0) is 127 Å². The first-order valence-corrected chi connectivity index (χ1v) is 14.0. The molecule has 0 radical (unpaired) electrons. The third kappa shape index (κ3) is 2.65. The first kappa shape index (κ1) is 22.7. The minimum Gasteiger partial charge on any atom is -0.393 e. The summed E-state index contributed by atoms with van der Waals surface area (Å²) in [5.74, 6) is 5.25. The Morgan fingerprint density at radius 1 is 0.613 bits per heavy atom. The van der Waals surface area contributed by atoms with E-state index < -0.39 is 0 Å². The second-order valence-electron chi connectivity index (χ2n) is 15.1. The molecule has 1 N–H and O–H groups in total. The Kier molecular flexibility index (Phi) is 4.96. The van der Waals surface area contributed by atoms with Crippen LogP contribution in [0.2, 0.25) is 0 Å². The fourth-order valence-electron chi connectivity index (χ4n) is 12.0.